The lowest BCUT2D eigenvalue weighted by Gasteiger charge is -2.38. The Bertz CT molecular complexity index is 730. The Morgan fingerprint density at radius 1 is 1.20 bits per heavy atom. The van der Waals surface area contributed by atoms with Crippen molar-refractivity contribution in [2.75, 3.05) is 6.54 Å². The van der Waals surface area contributed by atoms with Crippen molar-refractivity contribution >= 4 is 6.03 Å². The summed E-state index contributed by atoms with van der Waals surface area (Å²) in [5.74, 6) is 1.32. The van der Waals surface area contributed by atoms with Gasteiger partial charge in [-0.05, 0) is 61.1 Å². The van der Waals surface area contributed by atoms with Gasteiger partial charge in [-0.3, -0.25) is 0 Å². The lowest BCUT2D eigenvalue weighted by atomic mass is 9.92. The number of para-hydroxylation sites is 1. The number of carbonyl (C=O) groups is 1. The fourth-order valence-electron chi connectivity index (χ4n) is 4.26. The fraction of sp³-hybridized carbons (Fsp3) is 0.556. The number of hydrogen-bond acceptors (Lipinski definition) is 4. The van der Waals surface area contributed by atoms with E-state index in [2.05, 4.69) is 20.8 Å². The van der Waals surface area contributed by atoms with E-state index in [9.17, 15) is 4.79 Å². The maximum Gasteiger partial charge on any atom is 0.318 e. The molecule has 1 N–H and O–H groups in total. The highest BCUT2D eigenvalue weighted by atomic mass is 16.2. The van der Waals surface area contributed by atoms with E-state index in [4.69, 9.17) is 0 Å². The average Bonchev–Trinajstić information content (AvgIpc) is 3.31. The highest BCUT2D eigenvalue weighted by molar-refractivity contribution is 5.75. The Morgan fingerprint density at radius 2 is 2.00 bits per heavy atom. The molecule has 1 aromatic carbocycles. The zero-order valence-electron chi connectivity index (χ0n) is 14.5. The van der Waals surface area contributed by atoms with Gasteiger partial charge < -0.3 is 10.2 Å². The van der Waals surface area contributed by atoms with Crippen LogP contribution in [0.25, 0.3) is 5.69 Å². The first kappa shape index (κ1) is 16.1. The minimum atomic E-state index is -0.260. The molecule has 2 amide bonds. The topological polar surface area (TPSA) is 75.9 Å². The van der Waals surface area contributed by atoms with Crippen molar-refractivity contribution in [1.82, 2.24) is 30.4 Å². The van der Waals surface area contributed by atoms with Gasteiger partial charge in [-0.25, -0.2) is 4.79 Å². The second-order valence-electron chi connectivity index (χ2n) is 7.05. The van der Waals surface area contributed by atoms with Gasteiger partial charge in [0.2, 0.25) is 0 Å². The first-order valence-corrected chi connectivity index (χ1v) is 9.15. The maximum atomic E-state index is 12.8. The molecule has 2 heterocycles. The van der Waals surface area contributed by atoms with Gasteiger partial charge in [0.15, 0.2) is 5.82 Å². The lowest BCUT2D eigenvalue weighted by Crippen LogP contribution is -2.51. The second-order valence-corrected chi connectivity index (χ2v) is 7.05. The highest BCUT2D eigenvalue weighted by Gasteiger charge is 2.37. The number of urea groups is 1. The van der Waals surface area contributed by atoms with Crippen LogP contribution in [0.1, 0.15) is 50.9 Å². The monoisotopic (exact) mass is 340 g/mol. The Labute approximate surface area is 147 Å². The Hall–Kier alpha value is -2.44. The Kier molecular flexibility index (Phi) is 4.38. The molecule has 4 rings (SSSR count). The van der Waals surface area contributed by atoms with Gasteiger partial charge in [-0.2, -0.15) is 4.68 Å². The third-order valence-corrected chi connectivity index (χ3v) is 5.48. The number of carbonyl (C=O) groups excluding carboxylic acids is 1. The number of fused-ring (bicyclic) bond motifs is 1. The molecule has 2 aliphatic rings. The molecule has 132 valence electrons. The van der Waals surface area contributed by atoms with Crippen molar-refractivity contribution in [3.63, 3.8) is 0 Å². The number of nitrogens with zero attached hydrogens (tertiary/aromatic N) is 5. The molecule has 1 aromatic heterocycles. The molecular formula is C18H24N6O. The minimum Gasteiger partial charge on any atom is -0.328 e. The summed E-state index contributed by atoms with van der Waals surface area (Å²) in [5.41, 5.74) is 0.887. The van der Waals surface area contributed by atoms with E-state index in [1.54, 1.807) is 4.68 Å². The van der Waals surface area contributed by atoms with Gasteiger partial charge in [0.25, 0.3) is 0 Å². The van der Waals surface area contributed by atoms with Gasteiger partial charge >= 0.3 is 6.03 Å². The number of likely N-dealkylation sites (tertiary alicyclic amines) is 1. The molecule has 7 heteroatoms. The van der Waals surface area contributed by atoms with Crippen molar-refractivity contribution in [3.05, 3.63) is 36.2 Å². The van der Waals surface area contributed by atoms with Crippen LogP contribution >= 0.6 is 0 Å². The third kappa shape index (κ3) is 3.10. The molecule has 2 aromatic rings. The van der Waals surface area contributed by atoms with Crippen molar-refractivity contribution in [1.29, 1.82) is 0 Å². The maximum absolute atomic E-state index is 12.8. The molecule has 7 nitrogen and oxygen atoms in total. The van der Waals surface area contributed by atoms with Crippen molar-refractivity contribution in [2.45, 2.75) is 51.1 Å². The molecule has 3 atom stereocenters. The van der Waals surface area contributed by atoms with Crippen LogP contribution in [0, 0.1) is 5.92 Å². The van der Waals surface area contributed by atoms with Crippen LogP contribution in [-0.4, -0.2) is 43.7 Å². The van der Waals surface area contributed by atoms with Crippen LogP contribution < -0.4 is 5.32 Å². The van der Waals surface area contributed by atoms with E-state index in [0.717, 1.165) is 25.1 Å². The van der Waals surface area contributed by atoms with E-state index in [1.807, 2.05) is 42.2 Å². The molecule has 1 saturated heterocycles. The van der Waals surface area contributed by atoms with E-state index in [1.165, 1.54) is 19.3 Å². The average molecular weight is 340 g/mol. The molecule has 1 aliphatic heterocycles. The number of amides is 2. The van der Waals surface area contributed by atoms with E-state index in [-0.39, 0.29) is 12.1 Å². The largest absolute Gasteiger partial charge is 0.328 e. The molecule has 0 radical (unpaired) electrons. The number of tetrazole rings is 1. The second kappa shape index (κ2) is 6.82. The number of hydrogen-bond donors (Lipinski definition) is 1. The predicted molar refractivity (Wildman–Crippen MR) is 93.2 cm³/mol. The quantitative estimate of drug-likeness (QED) is 0.932. The summed E-state index contributed by atoms with van der Waals surface area (Å²) in [7, 11) is 0. The van der Waals surface area contributed by atoms with Crippen molar-refractivity contribution in [3.8, 4) is 5.69 Å². The van der Waals surface area contributed by atoms with Gasteiger partial charge in [-0.1, -0.05) is 24.6 Å². The molecule has 2 fully saturated rings. The van der Waals surface area contributed by atoms with Crippen LogP contribution in [0.5, 0.6) is 0 Å². The van der Waals surface area contributed by atoms with Crippen LogP contribution in [0.3, 0.4) is 0 Å². The molecule has 1 aliphatic carbocycles. The molecular weight excluding hydrogens is 316 g/mol. The summed E-state index contributed by atoms with van der Waals surface area (Å²) in [4.78, 5) is 14.9. The van der Waals surface area contributed by atoms with E-state index >= 15 is 0 Å². The minimum absolute atomic E-state index is 0.00621. The number of benzene rings is 1. The van der Waals surface area contributed by atoms with Gasteiger partial charge in [0.05, 0.1) is 11.7 Å². The van der Waals surface area contributed by atoms with Crippen LogP contribution in [0.15, 0.2) is 30.3 Å². The number of aromatic nitrogens is 4. The first-order chi connectivity index (χ1) is 12.2. The summed E-state index contributed by atoms with van der Waals surface area (Å²) in [6.07, 6.45) is 5.99. The van der Waals surface area contributed by atoms with Gasteiger partial charge in [0, 0.05) is 12.6 Å². The molecule has 0 spiro atoms. The first-order valence-electron chi connectivity index (χ1n) is 9.15. The normalized spacial score (nSPS) is 24.0. The van der Waals surface area contributed by atoms with Gasteiger partial charge in [0.1, 0.15) is 0 Å². The number of nitrogens with one attached hydrogen (secondary N) is 1. The third-order valence-electron chi connectivity index (χ3n) is 5.48. The zero-order valence-corrected chi connectivity index (χ0v) is 14.5. The Balaban J connectivity index is 1.48. The summed E-state index contributed by atoms with van der Waals surface area (Å²) < 4.78 is 1.68. The number of rotatable bonds is 3. The van der Waals surface area contributed by atoms with Crippen molar-refractivity contribution < 1.29 is 4.79 Å². The van der Waals surface area contributed by atoms with E-state index in [0.29, 0.717) is 17.8 Å². The fourth-order valence-corrected chi connectivity index (χ4v) is 4.26. The van der Waals surface area contributed by atoms with Crippen LogP contribution in [0.4, 0.5) is 4.79 Å². The standard InChI is InChI=1S/C18H24N6O/c1-13(17-20-21-22-24(17)15-9-3-2-4-10-15)19-18(25)23-12-6-8-14-7-5-11-16(14)23/h2-4,9-10,13-14,16H,5-8,11-12H2,1H3,(H,19,25)/t13-,14-,16-/m0/s1. The summed E-state index contributed by atoms with van der Waals surface area (Å²) >= 11 is 0. The number of piperidine rings is 1. The molecule has 0 bridgehead atoms. The van der Waals surface area contributed by atoms with Crippen LogP contribution in [0.2, 0.25) is 0 Å². The zero-order chi connectivity index (χ0) is 17.2. The Morgan fingerprint density at radius 3 is 2.84 bits per heavy atom. The molecule has 0 unspecified atom stereocenters. The molecule has 1 saturated carbocycles. The lowest BCUT2D eigenvalue weighted by molar-refractivity contribution is 0.126. The summed E-state index contributed by atoms with van der Waals surface area (Å²) in [5, 5.41) is 15.1. The summed E-state index contributed by atoms with van der Waals surface area (Å²) in [6.45, 7) is 2.78. The SMILES string of the molecule is C[C@H](NC(=O)N1CCC[C@@H]2CCC[C@@H]21)c1nnnn1-c1ccccc1. The summed E-state index contributed by atoms with van der Waals surface area (Å²) in [6, 6.07) is 9.88. The highest BCUT2D eigenvalue weighted by Crippen LogP contribution is 2.36. The van der Waals surface area contributed by atoms with Gasteiger partial charge in [-0.15, -0.1) is 5.10 Å². The van der Waals surface area contributed by atoms with Crippen molar-refractivity contribution in [2.24, 2.45) is 5.92 Å². The smallest absolute Gasteiger partial charge is 0.318 e. The van der Waals surface area contributed by atoms with E-state index < -0.39 is 0 Å². The molecule has 25 heavy (non-hydrogen) atoms. The van der Waals surface area contributed by atoms with Crippen LogP contribution in [-0.2, 0) is 0 Å². The predicted octanol–water partition coefficient (Wildman–Crippen LogP) is 2.70.